The van der Waals surface area contributed by atoms with Gasteiger partial charge in [-0.25, -0.2) is 0 Å². The van der Waals surface area contributed by atoms with Crippen LogP contribution in [0, 0.1) is 11.3 Å². The number of amides is 1. The highest BCUT2D eigenvalue weighted by Crippen LogP contribution is 2.24. The fraction of sp³-hybridized carbons (Fsp3) is 0.368. The summed E-state index contributed by atoms with van der Waals surface area (Å²) < 4.78 is 7.90. The first-order chi connectivity index (χ1) is 12.5. The number of piperazine rings is 1. The van der Waals surface area contributed by atoms with Gasteiger partial charge in [-0.1, -0.05) is 12.1 Å². The van der Waals surface area contributed by atoms with E-state index in [9.17, 15) is 10.1 Å². The Morgan fingerprint density at radius 2 is 1.88 bits per heavy atom. The molecule has 7 heteroatoms. The minimum absolute atomic E-state index is 0.0239. The fourth-order valence-electron chi connectivity index (χ4n) is 3.24. The molecule has 1 aromatic heterocycles. The van der Waals surface area contributed by atoms with Crippen LogP contribution in [0.25, 0.3) is 0 Å². The van der Waals surface area contributed by atoms with Crippen LogP contribution in [0.15, 0.2) is 41.0 Å². The number of nitrogens with zero attached hydrogens (tertiary/aromatic N) is 4. The Hall–Kier alpha value is -2.30. The topological polar surface area (TPSA) is 61.5 Å². The predicted molar refractivity (Wildman–Crippen MR) is 102 cm³/mol. The summed E-state index contributed by atoms with van der Waals surface area (Å²) in [5.74, 6) is 0.797. The normalized spacial score (nSPS) is 16.2. The van der Waals surface area contributed by atoms with Gasteiger partial charge in [0.05, 0.1) is 13.2 Å². The van der Waals surface area contributed by atoms with Crippen molar-refractivity contribution < 1.29 is 9.53 Å². The Morgan fingerprint density at radius 1 is 1.23 bits per heavy atom. The highest BCUT2D eigenvalue weighted by atomic mass is 79.9. The lowest BCUT2D eigenvalue weighted by Crippen LogP contribution is -2.49. The lowest BCUT2D eigenvalue weighted by atomic mass is 10.1. The van der Waals surface area contributed by atoms with Crippen molar-refractivity contribution in [1.29, 1.82) is 5.26 Å². The number of aromatic nitrogens is 1. The average molecular weight is 417 g/mol. The number of hydrogen-bond acceptors (Lipinski definition) is 4. The molecule has 0 aliphatic carbocycles. The molecule has 1 aliphatic rings. The molecule has 1 unspecified atom stereocenters. The Bertz CT molecular complexity index is 817. The molecule has 0 N–H and O–H groups in total. The van der Waals surface area contributed by atoms with Gasteiger partial charge in [-0.3, -0.25) is 9.69 Å². The Balaban J connectivity index is 1.66. The van der Waals surface area contributed by atoms with Crippen molar-refractivity contribution in [2.45, 2.75) is 6.04 Å². The van der Waals surface area contributed by atoms with Crippen molar-refractivity contribution in [3.63, 3.8) is 0 Å². The van der Waals surface area contributed by atoms with Crippen LogP contribution in [0.4, 0.5) is 0 Å². The number of benzene rings is 1. The number of aryl methyl sites for hydroxylation is 1. The number of carbonyl (C=O) groups excluding carboxylic acids is 1. The maximum Gasteiger partial charge on any atom is 0.270 e. The molecular weight excluding hydrogens is 396 g/mol. The standard InChI is InChI=1S/C19H21BrN4O2/c1-22-13-15(20)11-17(22)19(25)24-9-7-23(8-10-24)18(12-21)14-3-5-16(26-2)6-4-14/h3-6,11,13,18H,7-10H2,1-2H3. The third kappa shape index (κ3) is 3.76. The van der Waals surface area contributed by atoms with Crippen LogP contribution in [0.3, 0.4) is 0 Å². The van der Waals surface area contributed by atoms with E-state index < -0.39 is 0 Å². The van der Waals surface area contributed by atoms with E-state index in [1.54, 1.807) is 7.11 Å². The van der Waals surface area contributed by atoms with E-state index in [0.717, 1.165) is 15.8 Å². The van der Waals surface area contributed by atoms with Crippen molar-refractivity contribution in [3.05, 3.63) is 52.3 Å². The molecule has 1 amide bonds. The van der Waals surface area contributed by atoms with E-state index in [2.05, 4.69) is 26.9 Å². The second-order valence-corrected chi connectivity index (χ2v) is 7.20. The summed E-state index contributed by atoms with van der Waals surface area (Å²) in [5.41, 5.74) is 1.61. The molecule has 2 heterocycles. The SMILES string of the molecule is COc1ccc(C(C#N)N2CCN(C(=O)c3cc(Br)cn3C)CC2)cc1. The second-order valence-electron chi connectivity index (χ2n) is 6.29. The summed E-state index contributed by atoms with van der Waals surface area (Å²) in [6.45, 7) is 2.55. The first kappa shape index (κ1) is 18.5. The quantitative estimate of drug-likeness (QED) is 0.768. The van der Waals surface area contributed by atoms with Gasteiger partial charge in [-0.05, 0) is 39.7 Å². The second kappa shape index (κ2) is 7.94. The highest BCUT2D eigenvalue weighted by molar-refractivity contribution is 9.10. The van der Waals surface area contributed by atoms with Crippen LogP contribution in [0.1, 0.15) is 22.1 Å². The largest absolute Gasteiger partial charge is 0.497 e. The number of methoxy groups -OCH3 is 1. The summed E-state index contributed by atoms with van der Waals surface area (Å²) in [5, 5.41) is 9.64. The molecule has 1 aliphatic heterocycles. The smallest absolute Gasteiger partial charge is 0.270 e. The molecule has 3 rings (SSSR count). The van der Waals surface area contributed by atoms with Gasteiger partial charge in [0, 0.05) is 43.9 Å². The maximum atomic E-state index is 12.7. The van der Waals surface area contributed by atoms with Crippen molar-refractivity contribution in [3.8, 4) is 11.8 Å². The average Bonchev–Trinajstić information content (AvgIpc) is 3.01. The van der Waals surface area contributed by atoms with Gasteiger partial charge >= 0.3 is 0 Å². The third-order valence-electron chi connectivity index (χ3n) is 4.71. The van der Waals surface area contributed by atoms with Crippen LogP contribution in [-0.4, -0.2) is 53.6 Å². The van der Waals surface area contributed by atoms with Gasteiger partial charge in [0.15, 0.2) is 0 Å². The summed E-state index contributed by atoms with van der Waals surface area (Å²) in [6, 6.07) is 11.5. The van der Waals surface area contributed by atoms with E-state index in [4.69, 9.17) is 4.74 Å². The first-order valence-electron chi connectivity index (χ1n) is 8.42. The van der Waals surface area contributed by atoms with Gasteiger partial charge in [0.25, 0.3) is 5.91 Å². The zero-order valence-corrected chi connectivity index (χ0v) is 16.4. The molecule has 2 aromatic rings. The van der Waals surface area contributed by atoms with Crippen LogP contribution in [-0.2, 0) is 7.05 Å². The number of ether oxygens (including phenoxy) is 1. The lowest BCUT2D eigenvalue weighted by Gasteiger charge is -2.37. The van der Waals surface area contributed by atoms with Crippen LogP contribution < -0.4 is 4.74 Å². The molecule has 1 aromatic carbocycles. The van der Waals surface area contributed by atoms with Gasteiger partial charge in [-0.15, -0.1) is 0 Å². The maximum absolute atomic E-state index is 12.7. The molecule has 6 nitrogen and oxygen atoms in total. The van der Waals surface area contributed by atoms with Crippen molar-refractivity contribution >= 4 is 21.8 Å². The molecule has 0 spiro atoms. The molecular formula is C19H21BrN4O2. The minimum atomic E-state index is -0.317. The first-order valence-corrected chi connectivity index (χ1v) is 9.21. The van der Waals surface area contributed by atoms with Crippen LogP contribution >= 0.6 is 15.9 Å². The predicted octanol–water partition coefficient (Wildman–Crippen LogP) is 2.82. The highest BCUT2D eigenvalue weighted by Gasteiger charge is 2.28. The lowest BCUT2D eigenvalue weighted by molar-refractivity contribution is 0.0597. The number of rotatable bonds is 4. The van der Waals surface area contributed by atoms with E-state index in [-0.39, 0.29) is 11.9 Å². The zero-order chi connectivity index (χ0) is 18.7. The Kier molecular flexibility index (Phi) is 5.64. The van der Waals surface area contributed by atoms with Crippen LogP contribution in [0.2, 0.25) is 0 Å². The summed E-state index contributed by atoms with van der Waals surface area (Å²) >= 11 is 3.40. The monoisotopic (exact) mass is 416 g/mol. The summed E-state index contributed by atoms with van der Waals surface area (Å²) in [6.07, 6.45) is 1.87. The number of halogens is 1. The van der Waals surface area contributed by atoms with E-state index in [1.807, 2.05) is 53.0 Å². The Labute approximate surface area is 161 Å². The number of nitriles is 1. The molecule has 0 saturated carbocycles. The summed E-state index contributed by atoms with van der Waals surface area (Å²) in [4.78, 5) is 16.7. The summed E-state index contributed by atoms with van der Waals surface area (Å²) in [7, 11) is 3.49. The third-order valence-corrected chi connectivity index (χ3v) is 5.14. The number of carbonyl (C=O) groups is 1. The van der Waals surface area contributed by atoms with Gasteiger partial charge < -0.3 is 14.2 Å². The molecule has 1 atom stereocenters. The van der Waals surface area contributed by atoms with Crippen molar-refractivity contribution in [2.24, 2.45) is 7.05 Å². The number of hydrogen-bond donors (Lipinski definition) is 0. The van der Waals surface area contributed by atoms with Crippen LogP contribution in [0.5, 0.6) is 5.75 Å². The van der Waals surface area contributed by atoms with E-state index in [1.165, 1.54) is 0 Å². The molecule has 1 saturated heterocycles. The molecule has 136 valence electrons. The van der Waals surface area contributed by atoms with Crippen molar-refractivity contribution in [1.82, 2.24) is 14.4 Å². The van der Waals surface area contributed by atoms with Gasteiger partial charge in [0.2, 0.25) is 0 Å². The van der Waals surface area contributed by atoms with Crippen molar-refractivity contribution in [2.75, 3.05) is 33.3 Å². The molecule has 0 radical (unpaired) electrons. The minimum Gasteiger partial charge on any atom is -0.497 e. The van der Waals surface area contributed by atoms with E-state index in [0.29, 0.717) is 31.9 Å². The van der Waals surface area contributed by atoms with Gasteiger partial charge in [-0.2, -0.15) is 5.26 Å². The van der Waals surface area contributed by atoms with E-state index >= 15 is 0 Å². The fourth-order valence-corrected chi connectivity index (χ4v) is 3.76. The zero-order valence-electron chi connectivity index (χ0n) is 14.9. The Morgan fingerprint density at radius 3 is 2.38 bits per heavy atom. The molecule has 0 bridgehead atoms. The van der Waals surface area contributed by atoms with Gasteiger partial charge in [0.1, 0.15) is 17.5 Å². The molecule has 26 heavy (non-hydrogen) atoms. The molecule has 1 fully saturated rings.